The van der Waals surface area contributed by atoms with E-state index in [4.69, 9.17) is 5.73 Å². The summed E-state index contributed by atoms with van der Waals surface area (Å²) >= 11 is 0. The van der Waals surface area contributed by atoms with E-state index in [1.54, 1.807) is 13.0 Å². The van der Waals surface area contributed by atoms with Crippen LogP contribution in [-0.4, -0.2) is 36.5 Å². The Morgan fingerprint density at radius 1 is 1.36 bits per heavy atom. The van der Waals surface area contributed by atoms with Crippen LogP contribution in [0.5, 0.6) is 0 Å². The normalized spacial score (nSPS) is 19.0. The fraction of sp³-hybridized carbons (Fsp3) is 0.611. The molecule has 1 aromatic carbocycles. The molecular weight excluding hydrogens is 331 g/mol. The summed E-state index contributed by atoms with van der Waals surface area (Å²) in [5.74, 6) is -0.0567. The van der Waals surface area contributed by atoms with Gasteiger partial charge in [-0.05, 0) is 49.6 Å². The van der Waals surface area contributed by atoms with Gasteiger partial charge in [-0.3, -0.25) is 9.69 Å². The second-order valence-electron chi connectivity index (χ2n) is 6.60. The second-order valence-corrected chi connectivity index (χ2v) is 6.60. The number of hydrogen-bond acceptors (Lipinski definition) is 3. The molecule has 1 aliphatic rings. The molecule has 1 saturated heterocycles. The number of aryl methyl sites for hydroxylation is 1. The van der Waals surface area contributed by atoms with Crippen LogP contribution in [0.15, 0.2) is 18.2 Å². The topological polar surface area (TPSA) is 58.4 Å². The van der Waals surface area contributed by atoms with Gasteiger partial charge in [-0.15, -0.1) is 0 Å². The number of rotatable bonds is 6. The van der Waals surface area contributed by atoms with Gasteiger partial charge >= 0.3 is 6.18 Å². The molecule has 140 valence electrons. The summed E-state index contributed by atoms with van der Waals surface area (Å²) in [5, 5.41) is 2.90. The van der Waals surface area contributed by atoms with Crippen LogP contribution in [0, 0.1) is 6.92 Å². The monoisotopic (exact) mass is 357 g/mol. The molecule has 4 nitrogen and oxygen atoms in total. The Kier molecular flexibility index (Phi) is 6.84. The molecule has 1 aromatic rings. The Morgan fingerprint density at radius 2 is 2.12 bits per heavy atom. The van der Waals surface area contributed by atoms with Crippen LogP contribution in [-0.2, 0) is 17.5 Å². The van der Waals surface area contributed by atoms with Crippen LogP contribution in [0.2, 0.25) is 0 Å². The summed E-state index contributed by atoms with van der Waals surface area (Å²) in [5.41, 5.74) is 6.30. The van der Waals surface area contributed by atoms with Crippen LogP contribution in [0.3, 0.4) is 0 Å². The molecule has 0 radical (unpaired) electrons. The molecule has 2 rings (SSSR count). The van der Waals surface area contributed by atoms with E-state index in [0.717, 1.165) is 37.4 Å². The molecule has 1 heterocycles. The number of alkyl halides is 3. The number of piperidine rings is 1. The Hall–Kier alpha value is -1.60. The maximum absolute atomic E-state index is 12.8. The molecule has 0 bridgehead atoms. The zero-order valence-electron chi connectivity index (χ0n) is 14.5. The fourth-order valence-corrected chi connectivity index (χ4v) is 3.22. The summed E-state index contributed by atoms with van der Waals surface area (Å²) in [6.45, 7) is 4.08. The zero-order chi connectivity index (χ0) is 18.4. The summed E-state index contributed by atoms with van der Waals surface area (Å²) in [7, 11) is 0. The second kappa shape index (κ2) is 8.67. The molecule has 1 unspecified atom stereocenters. The number of nitrogens with one attached hydrogen (secondary N) is 1. The van der Waals surface area contributed by atoms with Crippen molar-refractivity contribution in [3.05, 3.63) is 34.9 Å². The number of amides is 1. The molecule has 0 saturated carbocycles. The van der Waals surface area contributed by atoms with Crippen molar-refractivity contribution >= 4 is 5.91 Å². The predicted octanol–water partition coefficient (Wildman–Crippen LogP) is 2.83. The van der Waals surface area contributed by atoms with Crippen molar-refractivity contribution in [1.82, 2.24) is 10.2 Å². The number of nitrogens with zero attached hydrogens (tertiary/aromatic N) is 1. The summed E-state index contributed by atoms with van der Waals surface area (Å²) in [6.07, 6.45) is -0.871. The summed E-state index contributed by atoms with van der Waals surface area (Å²) < 4.78 is 38.4. The van der Waals surface area contributed by atoms with Gasteiger partial charge in [0.1, 0.15) is 0 Å². The lowest BCUT2D eigenvalue weighted by molar-refractivity contribution is -0.137. The van der Waals surface area contributed by atoms with E-state index >= 15 is 0 Å². The van der Waals surface area contributed by atoms with E-state index in [2.05, 4.69) is 10.2 Å². The Bertz CT molecular complexity index is 589. The van der Waals surface area contributed by atoms with Crippen molar-refractivity contribution in [2.75, 3.05) is 19.6 Å². The summed E-state index contributed by atoms with van der Waals surface area (Å²) in [6, 6.07) is 4.12. The van der Waals surface area contributed by atoms with Crippen molar-refractivity contribution in [1.29, 1.82) is 0 Å². The molecule has 1 atom stereocenters. The molecule has 0 aromatic heterocycles. The van der Waals surface area contributed by atoms with Crippen molar-refractivity contribution in [2.24, 2.45) is 5.73 Å². The van der Waals surface area contributed by atoms with Gasteiger partial charge in [-0.25, -0.2) is 0 Å². The first-order valence-electron chi connectivity index (χ1n) is 8.69. The van der Waals surface area contributed by atoms with E-state index in [1.807, 2.05) is 0 Å². The quantitative estimate of drug-likeness (QED) is 0.823. The highest BCUT2D eigenvalue weighted by molar-refractivity contribution is 5.76. The maximum atomic E-state index is 12.8. The smallest absolute Gasteiger partial charge is 0.354 e. The highest BCUT2D eigenvalue weighted by Crippen LogP contribution is 2.31. The van der Waals surface area contributed by atoms with E-state index < -0.39 is 11.7 Å². The Labute approximate surface area is 146 Å². The van der Waals surface area contributed by atoms with Gasteiger partial charge in [0.05, 0.1) is 5.56 Å². The molecule has 1 amide bonds. The first-order valence-corrected chi connectivity index (χ1v) is 8.69. The minimum absolute atomic E-state index is 0.0567. The van der Waals surface area contributed by atoms with E-state index in [0.29, 0.717) is 31.6 Å². The number of halogens is 3. The number of benzene rings is 1. The molecule has 3 N–H and O–H groups in total. The van der Waals surface area contributed by atoms with Crippen molar-refractivity contribution in [3.63, 3.8) is 0 Å². The molecule has 0 spiro atoms. The average Bonchev–Trinajstić information content (AvgIpc) is 2.55. The standard InChI is InChI=1S/C18H26F3N3O/c1-13-10-15(18(19,20)21)6-5-14(13)12-24-9-3-2-4-16(24)11-23-17(25)7-8-22/h5-6,10,16H,2-4,7-9,11-12,22H2,1H3,(H,23,25). The third-order valence-corrected chi connectivity index (χ3v) is 4.70. The lowest BCUT2D eigenvalue weighted by Crippen LogP contribution is -2.46. The van der Waals surface area contributed by atoms with Gasteiger partial charge in [-0.2, -0.15) is 13.2 Å². The average molecular weight is 357 g/mol. The van der Waals surface area contributed by atoms with Gasteiger partial charge in [0.15, 0.2) is 0 Å². The third-order valence-electron chi connectivity index (χ3n) is 4.70. The van der Waals surface area contributed by atoms with Gasteiger partial charge < -0.3 is 11.1 Å². The first kappa shape index (κ1) is 19.7. The Morgan fingerprint density at radius 3 is 2.76 bits per heavy atom. The van der Waals surface area contributed by atoms with Crippen LogP contribution in [0.25, 0.3) is 0 Å². The van der Waals surface area contributed by atoms with Gasteiger partial charge in [0.25, 0.3) is 0 Å². The molecule has 1 aliphatic heterocycles. The predicted molar refractivity (Wildman–Crippen MR) is 90.9 cm³/mol. The lowest BCUT2D eigenvalue weighted by Gasteiger charge is -2.36. The highest BCUT2D eigenvalue weighted by atomic mass is 19.4. The van der Waals surface area contributed by atoms with Gasteiger partial charge in [-0.1, -0.05) is 12.5 Å². The highest BCUT2D eigenvalue weighted by Gasteiger charge is 2.31. The van der Waals surface area contributed by atoms with Crippen molar-refractivity contribution in [2.45, 2.75) is 51.4 Å². The van der Waals surface area contributed by atoms with E-state index in [9.17, 15) is 18.0 Å². The van der Waals surface area contributed by atoms with Gasteiger partial charge in [0, 0.05) is 32.1 Å². The van der Waals surface area contributed by atoms with Crippen LogP contribution >= 0.6 is 0 Å². The molecule has 25 heavy (non-hydrogen) atoms. The van der Waals surface area contributed by atoms with Crippen LogP contribution < -0.4 is 11.1 Å². The molecular formula is C18H26F3N3O. The van der Waals surface area contributed by atoms with Crippen molar-refractivity contribution in [3.8, 4) is 0 Å². The van der Waals surface area contributed by atoms with E-state index in [1.165, 1.54) is 6.07 Å². The SMILES string of the molecule is Cc1cc(C(F)(F)F)ccc1CN1CCCCC1CNC(=O)CCN. The van der Waals surface area contributed by atoms with E-state index in [-0.39, 0.29) is 11.9 Å². The molecule has 0 aliphatic carbocycles. The lowest BCUT2D eigenvalue weighted by atomic mass is 9.99. The number of carbonyl (C=O) groups excluding carboxylic acids is 1. The number of nitrogens with two attached hydrogens (primary N) is 1. The largest absolute Gasteiger partial charge is 0.416 e. The van der Waals surface area contributed by atoms with Crippen molar-refractivity contribution < 1.29 is 18.0 Å². The summed E-state index contributed by atoms with van der Waals surface area (Å²) in [4.78, 5) is 13.9. The third kappa shape index (κ3) is 5.71. The minimum Gasteiger partial charge on any atom is -0.354 e. The zero-order valence-corrected chi connectivity index (χ0v) is 14.5. The Balaban J connectivity index is 2.02. The number of hydrogen-bond donors (Lipinski definition) is 2. The van der Waals surface area contributed by atoms with Crippen LogP contribution in [0.4, 0.5) is 13.2 Å². The minimum atomic E-state index is -4.32. The van der Waals surface area contributed by atoms with Gasteiger partial charge in [0.2, 0.25) is 5.91 Å². The molecule has 7 heteroatoms. The number of carbonyl (C=O) groups is 1. The maximum Gasteiger partial charge on any atom is 0.416 e. The first-order chi connectivity index (χ1) is 11.8. The number of likely N-dealkylation sites (tertiary alicyclic amines) is 1. The van der Waals surface area contributed by atoms with Crippen LogP contribution in [0.1, 0.15) is 42.4 Å². The fourth-order valence-electron chi connectivity index (χ4n) is 3.22. The molecule has 1 fully saturated rings.